The van der Waals surface area contributed by atoms with E-state index in [1.807, 2.05) is 19.9 Å². The molecule has 0 spiro atoms. The Kier molecular flexibility index (Phi) is 6.13. The van der Waals surface area contributed by atoms with E-state index in [-0.39, 0.29) is 11.5 Å². The standard InChI is InChI=1S/C15H20FN3O/c1-10(2)18-6-4-5-15(20)19-14-8-12(9-17)7-13(16)11(14)3/h7-8,10,18H,4-6H2,1-3H3,(H,19,20). The lowest BCUT2D eigenvalue weighted by molar-refractivity contribution is -0.116. The maximum Gasteiger partial charge on any atom is 0.224 e. The molecule has 108 valence electrons. The highest BCUT2D eigenvalue weighted by Crippen LogP contribution is 2.20. The number of anilines is 1. The third kappa shape index (κ3) is 4.98. The lowest BCUT2D eigenvalue weighted by atomic mass is 10.1. The van der Waals surface area contributed by atoms with E-state index in [1.165, 1.54) is 6.07 Å². The second kappa shape index (κ2) is 7.61. The van der Waals surface area contributed by atoms with Gasteiger partial charge in [0.1, 0.15) is 5.82 Å². The molecule has 0 aliphatic carbocycles. The van der Waals surface area contributed by atoms with Crippen LogP contribution in [0.2, 0.25) is 0 Å². The molecule has 0 aliphatic rings. The van der Waals surface area contributed by atoms with Crippen LogP contribution in [-0.2, 0) is 4.79 Å². The van der Waals surface area contributed by atoms with Crippen LogP contribution in [0.4, 0.5) is 10.1 Å². The summed E-state index contributed by atoms with van der Waals surface area (Å²) in [4.78, 5) is 11.8. The first-order valence-corrected chi connectivity index (χ1v) is 6.67. The molecule has 0 atom stereocenters. The molecule has 0 unspecified atom stereocenters. The fourth-order valence-corrected chi connectivity index (χ4v) is 1.73. The van der Waals surface area contributed by atoms with Crippen molar-refractivity contribution in [2.75, 3.05) is 11.9 Å². The Morgan fingerprint density at radius 2 is 2.15 bits per heavy atom. The molecule has 20 heavy (non-hydrogen) atoms. The average Bonchev–Trinajstić information content (AvgIpc) is 2.39. The third-order valence-electron chi connectivity index (χ3n) is 2.88. The predicted octanol–water partition coefficient (Wildman–Crippen LogP) is 2.72. The van der Waals surface area contributed by atoms with Gasteiger partial charge in [-0.3, -0.25) is 4.79 Å². The first kappa shape index (κ1) is 16.1. The number of carbonyl (C=O) groups excluding carboxylic acids is 1. The van der Waals surface area contributed by atoms with Gasteiger partial charge in [0.25, 0.3) is 0 Å². The zero-order chi connectivity index (χ0) is 15.1. The summed E-state index contributed by atoms with van der Waals surface area (Å²) in [5.41, 5.74) is 0.908. The van der Waals surface area contributed by atoms with Crippen LogP contribution < -0.4 is 10.6 Å². The highest BCUT2D eigenvalue weighted by Gasteiger charge is 2.10. The number of carbonyl (C=O) groups is 1. The molecule has 0 fully saturated rings. The summed E-state index contributed by atoms with van der Waals surface area (Å²) in [5, 5.41) is 14.7. The van der Waals surface area contributed by atoms with Gasteiger partial charge in [-0.15, -0.1) is 0 Å². The number of benzene rings is 1. The molecule has 1 aromatic rings. The van der Waals surface area contributed by atoms with E-state index in [1.54, 1.807) is 6.92 Å². The van der Waals surface area contributed by atoms with Gasteiger partial charge < -0.3 is 10.6 Å². The van der Waals surface area contributed by atoms with Crippen molar-refractivity contribution < 1.29 is 9.18 Å². The van der Waals surface area contributed by atoms with Crippen molar-refractivity contribution in [2.45, 2.75) is 39.7 Å². The van der Waals surface area contributed by atoms with Crippen LogP contribution in [0.5, 0.6) is 0 Å². The van der Waals surface area contributed by atoms with Crippen molar-refractivity contribution in [1.29, 1.82) is 5.26 Å². The summed E-state index contributed by atoms with van der Waals surface area (Å²) in [6.45, 7) is 6.42. The smallest absolute Gasteiger partial charge is 0.224 e. The largest absolute Gasteiger partial charge is 0.326 e. The van der Waals surface area contributed by atoms with Gasteiger partial charge in [0.15, 0.2) is 0 Å². The number of hydrogen-bond acceptors (Lipinski definition) is 3. The monoisotopic (exact) mass is 277 g/mol. The van der Waals surface area contributed by atoms with Crippen LogP contribution in [0, 0.1) is 24.1 Å². The molecule has 5 heteroatoms. The van der Waals surface area contributed by atoms with E-state index in [9.17, 15) is 9.18 Å². The molecule has 0 bridgehead atoms. The average molecular weight is 277 g/mol. The number of amides is 1. The molecular weight excluding hydrogens is 257 g/mol. The minimum Gasteiger partial charge on any atom is -0.326 e. The van der Waals surface area contributed by atoms with Crippen LogP contribution in [0.1, 0.15) is 37.8 Å². The highest BCUT2D eigenvalue weighted by atomic mass is 19.1. The third-order valence-corrected chi connectivity index (χ3v) is 2.88. The minimum absolute atomic E-state index is 0.173. The molecule has 1 aromatic carbocycles. The van der Waals surface area contributed by atoms with E-state index in [0.717, 1.165) is 12.6 Å². The van der Waals surface area contributed by atoms with Gasteiger partial charge in [0.05, 0.1) is 11.6 Å². The maximum atomic E-state index is 13.6. The molecule has 1 amide bonds. The quantitative estimate of drug-likeness (QED) is 0.786. The Morgan fingerprint density at radius 1 is 1.45 bits per heavy atom. The summed E-state index contributed by atoms with van der Waals surface area (Å²) in [7, 11) is 0. The highest BCUT2D eigenvalue weighted by molar-refractivity contribution is 5.91. The van der Waals surface area contributed by atoms with E-state index in [2.05, 4.69) is 10.6 Å². The zero-order valence-electron chi connectivity index (χ0n) is 12.1. The molecule has 0 aromatic heterocycles. The van der Waals surface area contributed by atoms with Gasteiger partial charge >= 0.3 is 0 Å². The number of nitriles is 1. The lowest BCUT2D eigenvalue weighted by Crippen LogP contribution is -2.24. The lowest BCUT2D eigenvalue weighted by Gasteiger charge is -2.10. The van der Waals surface area contributed by atoms with Gasteiger partial charge in [0, 0.05) is 23.7 Å². The second-order valence-electron chi connectivity index (χ2n) is 5.00. The molecule has 1 rings (SSSR count). The molecule has 0 saturated carbocycles. The Bertz CT molecular complexity index is 521. The molecular formula is C15H20FN3O. The molecule has 2 N–H and O–H groups in total. The van der Waals surface area contributed by atoms with Crippen molar-refractivity contribution in [3.63, 3.8) is 0 Å². The van der Waals surface area contributed by atoms with Crippen molar-refractivity contribution in [3.8, 4) is 6.07 Å². The number of hydrogen-bond donors (Lipinski definition) is 2. The van der Waals surface area contributed by atoms with E-state index < -0.39 is 5.82 Å². The minimum atomic E-state index is -0.485. The van der Waals surface area contributed by atoms with Crippen LogP contribution >= 0.6 is 0 Å². The van der Waals surface area contributed by atoms with E-state index >= 15 is 0 Å². The van der Waals surface area contributed by atoms with Crippen molar-refractivity contribution in [2.24, 2.45) is 0 Å². The zero-order valence-corrected chi connectivity index (χ0v) is 12.1. The predicted molar refractivity (Wildman–Crippen MR) is 76.9 cm³/mol. The van der Waals surface area contributed by atoms with Crippen LogP contribution in [0.25, 0.3) is 0 Å². The molecule has 0 aliphatic heterocycles. The van der Waals surface area contributed by atoms with E-state index in [0.29, 0.717) is 30.1 Å². The first-order valence-electron chi connectivity index (χ1n) is 6.67. The number of rotatable bonds is 6. The van der Waals surface area contributed by atoms with Crippen LogP contribution in [0.3, 0.4) is 0 Å². The summed E-state index contributed by atoms with van der Waals surface area (Å²) in [5.74, 6) is -0.658. The van der Waals surface area contributed by atoms with Gasteiger partial charge in [0.2, 0.25) is 5.91 Å². The molecule has 0 heterocycles. The van der Waals surface area contributed by atoms with Crippen molar-refractivity contribution in [3.05, 3.63) is 29.1 Å². The Morgan fingerprint density at radius 3 is 2.75 bits per heavy atom. The van der Waals surface area contributed by atoms with Gasteiger partial charge in [-0.05, 0) is 32.0 Å². The summed E-state index contributed by atoms with van der Waals surface area (Å²) in [6, 6.07) is 4.92. The van der Waals surface area contributed by atoms with Gasteiger partial charge in [-0.1, -0.05) is 13.8 Å². The second-order valence-corrected chi connectivity index (χ2v) is 5.00. The number of nitrogens with one attached hydrogen (secondary N) is 2. The van der Waals surface area contributed by atoms with Crippen LogP contribution in [-0.4, -0.2) is 18.5 Å². The normalized spacial score (nSPS) is 10.4. The molecule has 0 radical (unpaired) electrons. The molecule has 0 saturated heterocycles. The topological polar surface area (TPSA) is 64.9 Å². The fourth-order valence-electron chi connectivity index (χ4n) is 1.73. The van der Waals surface area contributed by atoms with Gasteiger partial charge in [-0.25, -0.2) is 4.39 Å². The summed E-state index contributed by atoms with van der Waals surface area (Å²) < 4.78 is 13.6. The van der Waals surface area contributed by atoms with Crippen molar-refractivity contribution >= 4 is 11.6 Å². The maximum absolute atomic E-state index is 13.6. The number of nitrogens with zero attached hydrogens (tertiary/aromatic N) is 1. The fraction of sp³-hybridized carbons (Fsp3) is 0.467. The Labute approximate surface area is 119 Å². The number of halogens is 1. The Hall–Kier alpha value is -1.93. The molecule has 4 nitrogen and oxygen atoms in total. The SMILES string of the molecule is Cc1c(F)cc(C#N)cc1NC(=O)CCCNC(C)C. The Balaban J connectivity index is 2.58. The van der Waals surface area contributed by atoms with Crippen LogP contribution in [0.15, 0.2) is 12.1 Å². The summed E-state index contributed by atoms with van der Waals surface area (Å²) >= 11 is 0. The van der Waals surface area contributed by atoms with E-state index in [4.69, 9.17) is 5.26 Å². The summed E-state index contributed by atoms with van der Waals surface area (Å²) in [6.07, 6.45) is 1.07. The van der Waals surface area contributed by atoms with Crippen molar-refractivity contribution in [1.82, 2.24) is 5.32 Å². The first-order chi connectivity index (χ1) is 9.43. The van der Waals surface area contributed by atoms with Gasteiger partial charge in [-0.2, -0.15) is 5.26 Å².